The van der Waals surface area contributed by atoms with Gasteiger partial charge in [0.05, 0.1) is 78.2 Å². The predicted octanol–water partition coefficient (Wildman–Crippen LogP) is 0.718. The van der Waals surface area contributed by atoms with Gasteiger partial charge in [0.15, 0.2) is 0 Å². The number of rotatable bonds is 6. The van der Waals surface area contributed by atoms with E-state index in [2.05, 4.69) is 0 Å². The summed E-state index contributed by atoms with van der Waals surface area (Å²) in [6.07, 6.45) is 0.735. The van der Waals surface area contributed by atoms with Crippen LogP contribution in [0.5, 0.6) is 0 Å². The smallest absolute Gasteiger partial charge is 0.309 e. The molecule has 4 rings (SSSR count). The van der Waals surface area contributed by atoms with Crippen molar-refractivity contribution < 1.29 is 57.2 Å². The number of hydrogen-bond donors (Lipinski definition) is 0. The van der Waals surface area contributed by atoms with Crippen LogP contribution in [0, 0.1) is 35.5 Å². The first-order chi connectivity index (χ1) is 20.1. The number of methoxy groups -OCH3 is 6. The van der Waals surface area contributed by atoms with E-state index >= 15 is 0 Å². The molecule has 0 unspecified atom stereocenters. The molecule has 0 heterocycles. The van der Waals surface area contributed by atoms with Crippen LogP contribution in [0.4, 0.5) is 0 Å². The van der Waals surface area contributed by atoms with Gasteiger partial charge in [-0.3, -0.25) is 28.8 Å². The van der Waals surface area contributed by atoms with Crippen LogP contribution in [0.25, 0.3) is 0 Å². The molecule has 228 valence electrons. The van der Waals surface area contributed by atoms with Gasteiger partial charge in [0.2, 0.25) is 0 Å². The van der Waals surface area contributed by atoms with Gasteiger partial charge in [0.1, 0.15) is 0 Å². The second kappa shape index (κ2) is 12.5. The maximum absolute atomic E-state index is 12.9. The molecular formula is C30H36O12. The molecule has 0 aliphatic heterocycles. The Morgan fingerprint density at radius 2 is 0.452 bits per heavy atom. The maximum Gasteiger partial charge on any atom is 0.309 e. The molecule has 0 bridgehead atoms. The minimum atomic E-state index is -0.852. The van der Waals surface area contributed by atoms with Crippen molar-refractivity contribution in [1.82, 2.24) is 0 Å². The number of esters is 6. The second-order valence-corrected chi connectivity index (χ2v) is 10.9. The minimum absolute atomic E-state index is 0.123. The number of carbonyl (C=O) groups is 6. The van der Waals surface area contributed by atoms with E-state index in [4.69, 9.17) is 28.4 Å². The van der Waals surface area contributed by atoms with Crippen molar-refractivity contribution in [1.29, 1.82) is 0 Å². The van der Waals surface area contributed by atoms with Gasteiger partial charge in [0.25, 0.3) is 0 Å². The Labute approximate surface area is 243 Å². The monoisotopic (exact) mass is 588 g/mol. The molecular weight excluding hydrogens is 552 g/mol. The number of carbonyl (C=O) groups excluding carboxylic acids is 6. The second-order valence-electron chi connectivity index (χ2n) is 10.9. The van der Waals surface area contributed by atoms with Gasteiger partial charge in [-0.25, -0.2) is 0 Å². The van der Waals surface area contributed by atoms with Crippen molar-refractivity contribution in [2.45, 2.75) is 38.5 Å². The number of ether oxygens (including phenoxy) is 6. The molecule has 1 aromatic rings. The Bertz CT molecular complexity index is 1040. The molecule has 0 spiro atoms. The molecule has 12 heteroatoms. The van der Waals surface area contributed by atoms with E-state index in [-0.39, 0.29) is 38.5 Å². The van der Waals surface area contributed by atoms with E-state index < -0.39 is 71.3 Å². The lowest BCUT2D eigenvalue weighted by molar-refractivity contribution is -0.158. The zero-order valence-electron chi connectivity index (χ0n) is 24.6. The van der Waals surface area contributed by atoms with E-state index in [1.54, 1.807) is 0 Å². The lowest BCUT2D eigenvalue weighted by Gasteiger charge is -2.41. The molecule has 0 saturated heterocycles. The van der Waals surface area contributed by atoms with Crippen molar-refractivity contribution >= 4 is 35.8 Å². The minimum Gasteiger partial charge on any atom is -0.469 e. The largest absolute Gasteiger partial charge is 0.469 e. The van der Waals surface area contributed by atoms with E-state index in [0.717, 1.165) is 33.4 Å². The van der Waals surface area contributed by atoms with Crippen LogP contribution in [0.2, 0.25) is 0 Å². The first kappa shape index (κ1) is 31.0. The van der Waals surface area contributed by atoms with Crippen molar-refractivity contribution in [2.24, 2.45) is 35.5 Å². The third-order valence-corrected chi connectivity index (χ3v) is 9.21. The number of benzene rings is 1. The van der Waals surface area contributed by atoms with Gasteiger partial charge < -0.3 is 28.4 Å². The Morgan fingerprint density at radius 3 is 0.548 bits per heavy atom. The Balaban J connectivity index is 2.00. The standard InChI is InChI=1S/C30H36O12/c1-37-25(31)19-7-13-14(8-20(19)26(32)38-2)16-10-22(28(34)40-4)24(30(36)42-6)12-18(16)17-11-23(29(35)41-5)21(9-15(13)17)27(33)39-3/h19-24H,7-12H2,1-6H3/t19-,20-,21-,22+,23+,24-/m0/s1. The Kier molecular flexibility index (Phi) is 9.22. The van der Waals surface area contributed by atoms with Crippen molar-refractivity contribution in [3.05, 3.63) is 33.4 Å². The molecule has 0 N–H and O–H groups in total. The first-order valence-corrected chi connectivity index (χ1v) is 13.7. The summed E-state index contributed by atoms with van der Waals surface area (Å²) in [4.78, 5) is 77.5. The summed E-state index contributed by atoms with van der Waals surface area (Å²) >= 11 is 0. The van der Waals surface area contributed by atoms with Crippen LogP contribution in [-0.2, 0) is 95.7 Å². The molecule has 42 heavy (non-hydrogen) atoms. The SMILES string of the molecule is COC(=O)[C@H]1Cc2c(c3c(c4c2C[C@H](C(=O)OC)[C@H](C(=O)OC)C4)C[C@H](C(=O)OC)[C@H](C(=O)OC)C3)C[C@@H]1C(=O)OC. The average Bonchev–Trinajstić information content (AvgIpc) is 3.04. The Morgan fingerprint density at radius 1 is 0.333 bits per heavy atom. The summed E-state index contributed by atoms with van der Waals surface area (Å²) in [5.74, 6) is -8.57. The molecule has 0 amide bonds. The molecule has 12 nitrogen and oxygen atoms in total. The van der Waals surface area contributed by atoms with Crippen LogP contribution < -0.4 is 0 Å². The summed E-state index contributed by atoms with van der Waals surface area (Å²) < 4.78 is 30.3. The third-order valence-electron chi connectivity index (χ3n) is 9.21. The summed E-state index contributed by atoms with van der Waals surface area (Å²) in [7, 11) is 7.48. The first-order valence-electron chi connectivity index (χ1n) is 13.7. The van der Waals surface area contributed by atoms with Crippen LogP contribution in [0.15, 0.2) is 0 Å². The van der Waals surface area contributed by atoms with Crippen molar-refractivity contribution in [2.75, 3.05) is 42.7 Å². The fourth-order valence-corrected chi connectivity index (χ4v) is 7.14. The zero-order valence-corrected chi connectivity index (χ0v) is 24.6. The number of hydrogen-bond acceptors (Lipinski definition) is 12. The quantitative estimate of drug-likeness (QED) is 0.339. The third kappa shape index (κ3) is 5.22. The van der Waals surface area contributed by atoms with Gasteiger partial charge in [-0.1, -0.05) is 0 Å². The van der Waals surface area contributed by atoms with Crippen LogP contribution >= 0.6 is 0 Å². The average molecular weight is 589 g/mol. The summed E-state index contributed by atoms with van der Waals surface area (Å²) in [6, 6.07) is 0. The van der Waals surface area contributed by atoms with Gasteiger partial charge in [0, 0.05) is 0 Å². The van der Waals surface area contributed by atoms with Gasteiger partial charge in [-0.2, -0.15) is 0 Å². The summed E-state index contributed by atoms with van der Waals surface area (Å²) in [5.41, 5.74) is 4.56. The highest BCUT2D eigenvalue weighted by molar-refractivity contribution is 5.87. The van der Waals surface area contributed by atoms with Gasteiger partial charge in [-0.15, -0.1) is 0 Å². The lowest BCUT2D eigenvalue weighted by Crippen LogP contribution is -2.44. The highest BCUT2D eigenvalue weighted by atomic mass is 16.5. The molecule has 1 aromatic carbocycles. The van der Waals surface area contributed by atoms with E-state index in [9.17, 15) is 28.8 Å². The highest BCUT2D eigenvalue weighted by Crippen LogP contribution is 2.47. The fourth-order valence-electron chi connectivity index (χ4n) is 7.14. The molecule has 3 aliphatic rings. The fraction of sp³-hybridized carbons (Fsp3) is 0.600. The highest BCUT2D eigenvalue weighted by Gasteiger charge is 2.49. The normalized spacial score (nSPS) is 25.9. The van der Waals surface area contributed by atoms with Crippen molar-refractivity contribution in [3.63, 3.8) is 0 Å². The van der Waals surface area contributed by atoms with Crippen LogP contribution in [0.1, 0.15) is 33.4 Å². The predicted molar refractivity (Wildman–Crippen MR) is 142 cm³/mol. The van der Waals surface area contributed by atoms with Crippen LogP contribution in [0.3, 0.4) is 0 Å². The Hall–Kier alpha value is -3.96. The summed E-state index contributed by atoms with van der Waals surface area (Å²) in [5, 5.41) is 0. The van der Waals surface area contributed by atoms with Crippen molar-refractivity contribution in [3.8, 4) is 0 Å². The molecule has 0 aromatic heterocycles. The number of fused-ring (bicyclic) bond motifs is 6. The molecule has 3 aliphatic carbocycles. The zero-order chi connectivity index (χ0) is 30.9. The van der Waals surface area contributed by atoms with E-state index in [0.29, 0.717) is 0 Å². The lowest BCUT2D eigenvalue weighted by atomic mass is 9.62. The van der Waals surface area contributed by atoms with E-state index in [1.165, 1.54) is 42.7 Å². The molecule has 0 fully saturated rings. The topological polar surface area (TPSA) is 158 Å². The van der Waals surface area contributed by atoms with Gasteiger partial charge >= 0.3 is 35.8 Å². The molecule has 6 atom stereocenters. The van der Waals surface area contributed by atoms with E-state index in [1.807, 2.05) is 0 Å². The molecule has 0 radical (unpaired) electrons. The summed E-state index contributed by atoms with van der Waals surface area (Å²) in [6.45, 7) is 0. The van der Waals surface area contributed by atoms with Gasteiger partial charge in [-0.05, 0) is 71.9 Å². The maximum atomic E-state index is 12.9. The van der Waals surface area contributed by atoms with Crippen LogP contribution in [-0.4, -0.2) is 78.5 Å². The molecule has 0 saturated carbocycles.